The molecule has 0 atom stereocenters. The van der Waals surface area contributed by atoms with E-state index < -0.39 is 5.97 Å². The number of aromatic amines is 1. The first kappa shape index (κ1) is 19.0. The Labute approximate surface area is 170 Å². The van der Waals surface area contributed by atoms with E-state index in [2.05, 4.69) is 30.5 Å². The van der Waals surface area contributed by atoms with Crippen molar-refractivity contribution in [2.75, 3.05) is 11.1 Å². The van der Waals surface area contributed by atoms with Crippen molar-refractivity contribution < 1.29 is 9.53 Å². The van der Waals surface area contributed by atoms with E-state index in [0.717, 1.165) is 5.69 Å². The quantitative estimate of drug-likeness (QED) is 0.409. The van der Waals surface area contributed by atoms with Gasteiger partial charge in [0, 0.05) is 11.1 Å². The fourth-order valence-electron chi connectivity index (χ4n) is 2.85. The molecule has 2 aromatic carbocycles. The molecule has 10 heteroatoms. The highest BCUT2D eigenvalue weighted by molar-refractivity contribution is 5.86. The van der Waals surface area contributed by atoms with Crippen LogP contribution in [0.15, 0.2) is 59.4 Å². The van der Waals surface area contributed by atoms with Crippen LogP contribution in [0.2, 0.25) is 0 Å². The number of benzene rings is 2. The SMILES string of the molecule is Nc1nc(COC(=O)Cc2n[nH]c(=O)c3ccccc23)nc(Nc2ccccc2)n1. The first-order valence-corrected chi connectivity index (χ1v) is 9.03. The zero-order chi connectivity index (χ0) is 20.9. The summed E-state index contributed by atoms with van der Waals surface area (Å²) in [5.74, 6) is -0.0966. The zero-order valence-corrected chi connectivity index (χ0v) is 15.7. The van der Waals surface area contributed by atoms with Crippen molar-refractivity contribution in [1.82, 2.24) is 25.1 Å². The number of fused-ring (bicyclic) bond motifs is 1. The second kappa shape index (κ2) is 8.35. The van der Waals surface area contributed by atoms with Gasteiger partial charge in [0.2, 0.25) is 11.9 Å². The minimum Gasteiger partial charge on any atom is -0.457 e. The molecule has 0 fully saturated rings. The number of hydrogen-bond acceptors (Lipinski definition) is 9. The second-order valence-corrected chi connectivity index (χ2v) is 6.31. The largest absolute Gasteiger partial charge is 0.457 e. The van der Waals surface area contributed by atoms with Crippen LogP contribution in [0.25, 0.3) is 10.8 Å². The highest BCUT2D eigenvalue weighted by Gasteiger charge is 2.13. The number of nitrogens with one attached hydrogen (secondary N) is 2. The number of para-hydroxylation sites is 1. The number of anilines is 3. The van der Waals surface area contributed by atoms with Gasteiger partial charge in [-0.1, -0.05) is 36.4 Å². The van der Waals surface area contributed by atoms with Gasteiger partial charge in [-0.3, -0.25) is 9.59 Å². The molecule has 4 rings (SSSR count). The number of carbonyl (C=O) groups is 1. The summed E-state index contributed by atoms with van der Waals surface area (Å²) in [7, 11) is 0. The van der Waals surface area contributed by atoms with E-state index in [1.807, 2.05) is 30.3 Å². The van der Waals surface area contributed by atoms with Gasteiger partial charge in [-0.25, -0.2) is 5.10 Å². The number of ether oxygens (including phenoxy) is 1. The fourth-order valence-corrected chi connectivity index (χ4v) is 2.85. The van der Waals surface area contributed by atoms with Gasteiger partial charge in [0.25, 0.3) is 5.56 Å². The molecule has 0 saturated carbocycles. The number of nitrogens with two attached hydrogens (primary N) is 1. The normalized spacial score (nSPS) is 10.7. The third-order valence-electron chi connectivity index (χ3n) is 4.18. The Kier molecular flexibility index (Phi) is 5.29. The van der Waals surface area contributed by atoms with Crippen molar-refractivity contribution in [2.24, 2.45) is 0 Å². The van der Waals surface area contributed by atoms with E-state index >= 15 is 0 Å². The van der Waals surface area contributed by atoms with Crippen molar-refractivity contribution in [3.05, 3.63) is 76.5 Å². The maximum atomic E-state index is 12.3. The molecular weight excluding hydrogens is 386 g/mol. The Morgan fingerprint density at radius 3 is 2.53 bits per heavy atom. The van der Waals surface area contributed by atoms with E-state index in [1.165, 1.54) is 0 Å². The second-order valence-electron chi connectivity index (χ2n) is 6.31. The number of rotatable bonds is 6. The lowest BCUT2D eigenvalue weighted by Gasteiger charge is -2.08. The lowest BCUT2D eigenvalue weighted by molar-refractivity contribution is -0.144. The van der Waals surface area contributed by atoms with E-state index in [9.17, 15) is 9.59 Å². The van der Waals surface area contributed by atoms with Crippen molar-refractivity contribution in [3.8, 4) is 0 Å². The molecule has 0 radical (unpaired) electrons. The summed E-state index contributed by atoms with van der Waals surface area (Å²) >= 11 is 0. The topological polar surface area (TPSA) is 149 Å². The molecular formula is C20H17N7O3. The fraction of sp³-hybridized carbons (Fsp3) is 0.100. The van der Waals surface area contributed by atoms with Crippen molar-refractivity contribution >= 4 is 34.3 Å². The minimum atomic E-state index is -0.545. The zero-order valence-electron chi connectivity index (χ0n) is 15.7. The van der Waals surface area contributed by atoms with Crippen LogP contribution in [0.3, 0.4) is 0 Å². The average molecular weight is 403 g/mol. The Morgan fingerprint density at radius 2 is 1.73 bits per heavy atom. The van der Waals surface area contributed by atoms with Gasteiger partial charge in [0.05, 0.1) is 17.5 Å². The molecule has 0 bridgehead atoms. The molecule has 10 nitrogen and oxygen atoms in total. The molecule has 4 N–H and O–H groups in total. The molecule has 0 aliphatic rings. The van der Waals surface area contributed by atoms with Crippen LogP contribution in [0, 0.1) is 0 Å². The summed E-state index contributed by atoms with van der Waals surface area (Å²) in [6.07, 6.45) is -0.118. The molecule has 0 amide bonds. The molecule has 0 aliphatic heterocycles. The van der Waals surface area contributed by atoms with Gasteiger partial charge in [0.1, 0.15) is 0 Å². The van der Waals surface area contributed by atoms with Crippen LogP contribution in [-0.4, -0.2) is 31.1 Å². The smallest absolute Gasteiger partial charge is 0.312 e. The van der Waals surface area contributed by atoms with Crippen LogP contribution in [0.4, 0.5) is 17.6 Å². The van der Waals surface area contributed by atoms with Gasteiger partial charge in [-0.15, -0.1) is 0 Å². The third kappa shape index (κ3) is 4.38. The third-order valence-corrected chi connectivity index (χ3v) is 4.18. The number of H-pyrrole nitrogens is 1. The summed E-state index contributed by atoms with van der Waals surface area (Å²) in [6.45, 7) is -0.184. The number of nitrogens with zero attached hydrogens (tertiary/aromatic N) is 4. The first-order chi connectivity index (χ1) is 14.6. The highest BCUT2D eigenvalue weighted by atomic mass is 16.5. The number of hydrogen-bond donors (Lipinski definition) is 3. The molecule has 30 heavy (non-hydrogen) atoms. The van der Waals surface area contributed by atoms with Crippen molar-refractivity contribution in [2.45, 2.75) is 13.0 Å². The maximum absolute atomic E-state index is 12.3. The van der Waals surface area contributed by atoms with Crippen LogP contribution in [0.5, 0.6) is 0 Å². The number of carbonyl (C=O) groups excluding carboxylic acids is 1. The van der Waals surface area contributed by atoms with Gasteiger partial charge in [-0.2, -0.15) is 20.1 Å². The summed E-state index contributed by atoms with van der Waals surface area (Å²) in [6, 6.07) is 16.2. The monoisotopic (exact) mass is 403 g/mol. The maximum Gasteiger partial charge on any atom is 0.312 e. The van der Waals surface area contributed by atoms with E-state index in [-0.39, 0.29) is 36.3 Å². The number of nitrogen functional groups attached to an aromatic ring is 1. The van der Waals surface area contributed by atoms with Gasteiger partial charge in [0.15, 0.2) is 12.4 Å². The Balaban J connectivity index is 1.44. The molecule has 150 valence electrons. The summed E-state index contributed by atoms with van der Waals surface area (Å²) < 4.78 is 5.26. The van der Waals surface area contributed by atoms with E-state index in [1.54, 1.807) is 24.3 Å². The Bertz CT molecular complexity index is 1260. The predicted molar refractivity (Wildman–Crippen MR) is 110 cm³/mol. The molecule has 0 spiro atoms. The van der Waals surface area contributed by atoms with E-state index in [4.69, 9.17) is 10.5 Å². The Morgan fingerprint density at radius 1 is 1.00 bits per heavy atom. The van der Waals surface area contributed by atoms with Crippen molar-refractivity contribution in [3.63, 3.8) is 0 Å². The summed E-state index contributed by atoms with van der Waals surface area (Å²) in [5.41, 5.74) is 6.61. The summed E-state index contributed by atoms with van der Waals surface area (Å²) in [4.78, 5) is 36.4. The highest BCUT2D eigenvalue weighted by Crippen LogP contribution is 2.15. The minimum absolute atomic E-state index is 0.00257. The lowest BCUT2D eigenvalue weighted by atomic mass is 10.1. The van der Waals surface area contributed by atoms with Crippen molar-refractivity contribution in [1.29, 1.82) is 0 Å². The predicted octanol–water partition coefficient (Wildman–Crippen LogP) is 1.72. The van der Waals surface area contributed by atoms with Gasteiger partial charge in [-0.05, 0) is 18.2 Å². The molecule has 2 aromatic heterocycles. The molecule has 0 saturated heterocycles. The van der Waals surface area contributed by atoms with Crippen LogP contribution in [-0.2, 0) is 22.6 Å². The molecule has 4 aromatic rings. The van der Waals surface area contributed by atoms with Crippen LogP contribution >= 0.6 is 0 Å². The number of aromatic nitrogens is 5. The first-order valence-electron chi connectivity index (χ1n) is 9.03. The Hall–Kier alpha value is -4.34. The van der Waals surface area contributed by atoms with Gasteiger partial charge >= 0.3 is 5.97 Å². The number of esters is 1. The van der Waals surface area contributed by atoms with Crippen LogP contribution < -0.4 is 16.6 Å². The van der Waals surface area contributed by atoms with E-state index in [0.29, 0.717) is 16.5 Å². The van der Waals surface area contributed by atoms with Crippen LogP contribution in [0.1, 0.15) is 11.5 Å². The standard InChI is InChI=1S/C20H17N7O3/c21-19-23-16(24-20(25-19)22-12-6-2-1-3-7-12)11-30-17(28)10-15-13-8-4-5-9-14(13)18(29)27-26-15/h1-9H,10-11H2,(H,27,29)(H3,21,22,23,24,25). The molecule has 0 unspecified atom stereocenters. The lowest BCUT2D eigenvalue weighted by Crippen LogP contribution is -2.16. The molecule has 2 heterocycles. The summed E-state index contributed by atoms with van der Waals surface area (Å²) in [5, 5.41) is 10.4. The molecule has 0 aliphatic carbocycles. The van der Waals surface area contributed by atoms with Gasteiger partial charge < -0.3 is 15.8 Å². The average Bonchev–Trinajstić information content (AvgIpc) is 2.75.